The number of hydrogen-bond acceptors (Lipinski definition) is 6. The van der Waals surface area contributed by atoms with Crippen molar-refractivity contribution in [2.45, 2.75) is 26.4 Å². The number of nitrogens with one attached hydrogen (secondary N) is 3. The molecule has 0 fully saturated rings. The molecule has 2 amide bonds. The molecule has 1 heterocycles. The largest absolute Gasteiger partial charge is 0.506 e. The Morgan fingerprint density at radius 2 is 1.69 bits per heavy atom. The number of amides is 2. The maximum Gasteiger partial charge on any atom is 0.413 e. The molecule has 166 valence electrons. The predicted molar refractivity (Wildman–Crippen MR) is 120 cm³/mol. The maximum atomic E-state index is 13.3. The molecule has 3 aromatic rings. The summed E-state index contributed by atoms with van der Waals surface area (Å²) in [4.78, 5) is 29.1. The number of ether oxygens (including phenoxy) is 1. The number of anilines is 4. The van der Waals surface area contributed by atoms with Crippen LogP contribution in [0, 0.1) is 5.82 Å². The molecule has 1 aromatic heterocycles. The number of halogens is 1. The van der Waals surface area contributed by atoms with E-state index in [2.05, 4.69) is 20.9 Å². The van der Waals surface area contributed by atoms with Crippen LogP contribution in [0.3, 0.4) is 0 Å². The second kappa shape index (κ2) is 9.34. The van der Waals surface area contributed by atoms with Gasteiger partial charge in [0.1, 0.15) is 28.7 Å². The van der Waals surface area contributed by atoms with E-state index in [0.717, 1.165) is 6.07 Å². The Hall–Kier alpha value is -4.14. The third-order valence-electron chi connectivity index (χ3n) is 3.96. The van der Waals surface area contributed by atoms with Gasteiger partial charge in [-0.1, -0.05) is 18.2 Å². The summed E-state index contributed by atoms with van der Waals surface area (Å²) in [5.74, 6) is -1.39. The van der Waals surface area contributed by atoms with Gasteiger partial charge in [0.15, 0.2) is 0 Å². The van der Waals surface area contributed by atoms with Crippen LogP contribution in [0.15, 0.2) is 60.7 Å². The topological polar surface area (TPSA) is 113 Å². The zero-order valence-electron chi connectivity index (χ0n) is 17.8. The lowest BCUT2D eigenvalue weighted by molar-refractivity contribution is 0.0635. The SMILES string of the molecule is CC(C)(C)OC(=O)Nc1cc(Nc2ccc(F)cc2O)cc(C(=O)Nc2ccccc2)n1. The molecule has 3 rings (SSSR count). The van der Waals surface area contributed by atoms with E-state index in [0.29, 0.717) is 11.4 Å². The van der Waals surface area contributed by atoms with Crippen LogP contribution in [-0.4, -0.2) is 27.7 Å². The molecule has 32 heavy (non-hydrogen) atoms. The van der Waals surface area contributed by atoms with Gasteiger partial charge < -0.3 is 20.5 Å². The molecule has 0 aliphatic heterocycles. The van der Waals surface area contributed by atoms with Crippen molar-refractivity contribution in [3.05, 3.63) is 72.2 Å². The number of hydrogen-bond donors (Lipinski definition) is 4. The standard InChI is InChI=1S/C23H23FN4O4/c1-23(2,3)32-22(31)28-20-13-16(25-17-10-9-14(24)11-19(17)29)12-18(27-20)21(30)26-15-7-5-4-6-8-15/h4-13,29H,1-3H3,(H,26,30)(H2,25,27,28,31). The van der Waals surface area contributed by atoms with Crippen molar-refractivity contribution in [1.29, 1.82) is 0 Å². The summed E-state index contributed by atoms with van der Waals surface area (Å²) in [5.41, 5.74) is 0.358. The van der Waals surface area contributed by atoms with Gasteiger partial charge in [0.05, 0.1) is 5.69 Å². The van der Waals surface area contributed by atoms with Gasteiger partial charge in [0.25, 0.3) is 5.91 Å². The smallest absolute Gasteiger partial charge is 0.413 e. The minimum atomic E-state index is -0.749. The van der Waals surface area contributed by atoms with Crippen molar-refractivity contribution in [2.24, 2.45) is 0 Å². The number of pyridine rings is 1. The van der Waals surface area contributed by atoms with Gasteiger partial charge in [-0.2, -0.15) is 0 Å². The van der Waals surface area contributed by atoms with Crippen LogP contribution >= 0.6 is 0 Å². The van der Waals surface area contributed by atoms with Crippen LogP contribution in [0.4, 0.5) is 32.1 Å². The number of para-hydroxylation sites is 1. The van der Waals surface area contributed by atoms with E-state index in [1.807, 2.05) is 6.07 Å². The van der Waals surface area contributed by atoms with Crippen molar-refractivity contribution in [3.8, 4) is 5.75 Å². The molecule has 0 bridgehead atoms. The summed E-state index contributed by atoms with van der Waals surface area (Å²) < 4.78 is 18.5. The number of aromatic nitrogens is 1. The molecular formula is C23H23FN4O4. The van der Waals surface area contributed by atoms with Crippen molar-refractivity contribution < 1.29 is 23.8 Å². The first kappa shape index (κ1) is 22.5. The molecule has 0 aliphatic carbocycles. The average Bonchev–Trinajstić information content (AvgIpc) is 2.69. The number of carbonyl (C=O) groups is 2. The van der Waals surface area contributed by atoms with E-state index >= 15 is 0 Å². The Bertz CT molecular complexity index is 1130. The molecule has 0 atom stereocenters. The molecule has 0 saturated carbocycles. The highest BCUT2D eigenvalue weighted by Crippen LogP contribution is 2.28. The minimum Gasteiger partial charge on any atom is -0.506 e. The number of aromatic hydroxyl groups is 1. The Morgan fingerprint density at radius 1 is 0.969 bits per heavy atom. The van der Waals surface area contributed by atoms with Crippen molar-refractivity contribution in [1.82, 2.24) is 4.98 Å². The van der Waals surface area contributed by atoms with E-state index in [1.54, 1.807) is 45.0 Å². The molecule has 0 radical (unpaired) electrons. The van der Waals surface area contributed by atoms with Crippen molar-refractivity contribution in [3.63, 3.8) is 0 Å². The molecule has 0 saturated heterocycles. The average molecular weight is 438 g/mol. The number of nitrogens with zero attached hydrogens (tertiary/aromatic N) is 1. The number of carbonyl (C=O) groups excluding carboxylic acids is 2. The minimum absolute atomic E-state index is 0.00786. The Labute approximate surface area is 184 Å². The molecule has 2 aromatic carbocycles. The second-order valence-corrected chi connectivity index (χ2v) is 7.86. The molecule has 8 nitrogen and oxygen atoms in total. The van der Waals surface area contributed by atoms with E-state index in [4.69, 9.17) is 4.74 Å². The second-order valence-electron chi connectivity index (χ2n) is 7.86. The lowest BCUT2D eigenvalue weighted by Gasteiger charge is -2.20. The fourth-order valence-corrected chi connectivity index (χ4v) is 2.67. The Morgan fingerprint density at radius 3 is 2.34 bits per heavy atom. The number of phenolic OH excluding ortho intramolecular Hbond substituents is 1. The molecule has 0 aliphatic rings. The van der Waals surface area contributed by atoms with Gasteiger partial charge in [-0.15, -0.1) is 0 Å². The van der Waals surface area contributed by atoms with Crippen LogP contribution in [-0.2, 0) is 4.74 Å². The van der Waals surface area contributed by atoms with Crippen molar-refractivity contribution in [2.75, 3.05) is 16.0 Å². The zero-order valence-corrected chi connectivity index (χ0v) is 17.8. The summed E-state index contributed by atoms with van der Waals surface area (Å²) in [6, 6.07) is 15.1. The first-order chi connectivity index (χ1) is 15.1. The lowest BCUT2D eigenvalue weighted by atomic mass is 10.2. The molecular weight excluding hydrogens is 415 g/mol. The van der Waals surface area contributed by atoms with E-state index in [9.17, 15) is 19.1 Å². The number of phenols is 1. The maximum absolute atomic E-state index is 13.3. The van der Waals surface area contributed by atoms with Gasteiger partial charge in [0.2, 0.25) is 0 Å². The molecule has 0 spiro atoms. The van der Waals surface area contributed by atoms with Crippen molar-refractivity contribution >= 4 is 34.9 Å². The molecule has 4 N–H and O–H groups in total. The zero-order chi connectivity index (χ0) is 23.3. The van der Waals surface area contributed by atoms with Gasteiger partial charge in [-0.05, 0) is 51.1 Å². The predicted octanol–water partition coefficient (Wildman–Crippen LogP) is 5.27. The quantitative estimate of drug-likeness (QED) is 0.404. The van der Waals surface area contributed by atoms with Crippen LogP contribution in [0.5, 0.6) is 5.75 Å². The van der Waals surface area contributed by atoms with Crippen LogP contribution in [0.1, 0.15) is 31.3 Å². The van der Waals surface area contributed by atoms with E-state index in [1.165, 1.54) is 24.3 Å². The molecule has 0 unspecified atom stereocenters. The normalized spacial score (nSPS) is 10.9. The lowest BCUT2D eigenvalue weighted by Crippen LogP contribution is -2.27. The summed E-state index contributed by atoms with van der Waals surface area (Å²) in [6.07, 6.45) is -0.749. The highest BCUT2D eigenvalue weighted by Gasteiger charge is 2.18. The highest BCUT2D eigenvalue weighted by atomic mass is 19.1. The number of benzene rings is 2. The monoisotopic (exact) mass is 438 g/mol. The van der Waals surface area contributed by atoms with Gasteiger partial charge >= 0.3 is 6.09 Å². The molecule has 9 heteroatoms. The van der Waals surface area contributed by atoms with Crippen LogP contribution < -0.4 is 16.0 Å². The van der Waals surface area contributed by atoms with Crippen LogP contribution in [0.2, 0.25) is 0 Å². The fraction of sp³-hybridized carbons (Fsp3) is 0.174. The van der Waals surface area contributed by atoms with Crippen LogP contribution in [0.25, 0.3) is 0 Å². The third kappa shape index (κ3) is 6.43. The summed E-state index contributed by atoms with van der Waals surface area (Å²) in [5, 5.41) is 18.1. The first-order valence-electron chi connectivity index (χ1n) is 9.73. The van der Waals surface area contributed by atoms with Gasteiger partial charge in [-0.25, -0.2) is 14.2 Å². The summed E-state index contributed by atoms with van der Waals surface area (Å²) in [7, 11) is 0. The summed E-state index contributed by atoms with van der Waals surface area (Å²) in [6.45, 7) is 5.15. The van der Waals surface area contributed by atoms with E-state index < -0.39 is 23.4 Å². The fourth-order valence-electron chi connectivity index (χ4n) is 2.67. The van der Waals surface area contributed by atoms with Gasteiger partial charge in [0, 0.05) is 23.5 Å². The Kier molecular flexibility index (Phi) is 6.58. The van der Waals surface area contributed by atoms with E-state index in [-0.39, 0.29) is 22.9 Å². The van der Waals surface area contributed by atoms with Gasteiger partial charge in [-0.3, -0.25) is 10.1 Å². The number of rotatable bonds is 5. The third-order valence-corrected chi connectivity index (χ3v) is 3.96. The Balaban J connectivity index is 1.91. The summed E-state index contributed by atoms with van der Waals surface area (Å²) >= 11 is 0. The highest BCUT2D eigenvalue weighted by molar-refractivity contribution is 6.04. The first-order valence-corrected chi connectivity index (χ1v) is 9.73.